The number of halogens is 1. The molecule has 3 nitrogen and oxygen atoms in total. The van der Waals surface area contributed by atoms with Crippen molar-refractivity contribution < 1.29 is 14.3 Å². The third-order valence-corrected chi connectivity index (χ3v) is 5.76. The van der Waals surface area contributed by atoms with E-state index in [1.165, 1.54) is 2.88 Å². The minimum absolute atomic E-state index is 0.315. The van der Waals surface area contributed by atoms with E-state index in [1.807, 2.05) is 24.3 Å². The molecule has 0 N–H and O–H groups in total. The summed E-state index contributed by atoms with van der Waals surface area (Å²) in [6.45, 7) is 4.73. The van der Waals surface area contributed by atoms with Crippen molar-refractivity contribution in [2.75, 3.05) is 13.2 Å². The second-order valence-electron chi connectivity index (χ2n) is 5.12. The minimum atomic E-state index is -0.651. The SMILES string of the molecule is C=Cc1ccc(C(=O)OC2(c3ccc(I)s3)CCOC2)cc1. The van der Waals surface area contributed by atoms with Crippen molar-refractivity contribution in [2.45, 2.75) is 12.0 Å². The van der Waals surface area contributed by atoms with Crippen LogP contribution in [0.15, 0.2) is 43.0 Å². The molecule has 0 bridgehead atoms. The van der Waals surface area contributed by atoms with Gasteiger partial charge in [-0.15, -0.1) is 11.3 Å². The third-order valence-electron chi connectivity index (χ3n) is 3.68. The van der Waals surface area contributed by atoms with Crippen LogP contribution >= 0.6 is 33.9 Å². The molecule has 114 valence electrons. The summed E-state index contributed by atoms with van der Waals surface area (Å²) in [6.07, 6.45) is 2.44. The van der Waals surface area contributed by atoms with Gasteiger partial charge in [-0.3, -0.25) is 0 Å². The molecule has 1 aliphatic rings. The number of hydrogen-bond donors (Lipinski definition) is 0. The molecule has 0 radical (unpaired) electrons. The molecule has 1 unspecified atom stereocenters. The number of carbonyl (C=O) groups excluding carboxylic acids is 1. The van der Waals surface area contributed by atoms with Gasteiger partial charge in [0.15, 0.2) is 5.60 Å². The van der Waals surface area contributed by atoms with E-state index >= 15 is 0 Å². The zero-order valence-electron chi connectivity index (χ0n) is 11.9. The molecule has 3 rings (SSSR count). The fraction of sp³-hybridized carbons (Fsp3) is 0.235. The molecule has 1 aliphatic heterocycles. The Morgan fingerprint density at radius 3 is 2.64 bits per heavy atom. The normalized spacial score (nSPS) is 20.8. The summed E-state index contributed by atoms with van der Waals surface area (Å²) < 4.78 is 12.6. The van der Waals surface area contributed by atoms with Crippen molar-refractivity contribution in [3.05, 3.63) is 61.9 Å². The summed E-state index contributed by atoms with van der Waals surface area (Å²) in [6, 6.07) is 11.3. The van der Waals surface area contributed by atoms with Crippen LogP contribution < -0.4 is 0 Å². The fourth-order valence-electron chi connectivity index (χ4n) is 2.42. The molecular weight excluding hydrogens is 411 g/mol. The maximum Gasteiger partial charge on any atom is 0.339 e. The van der Waals surface area contributed by atoms with Crippen LogP contribution in [0.3, 0.4) is 0 Å². The summed E-state index contributed by atoms with van der Waals surface area (Å²) in [4.78, 5) is 13.5. The van der Waals surface area contributed by atoms with Gasteiger partial charge in [-0.05, 0) is 52.4 Å². The number of carbonyl (C=O) groups is 1. The van der Waals surface area contributed by atoms with Crippen molar-refractivity contribution in [1.29, 1.82) is 0 Å². The average Bonchev–Trinajstić information content (AvgIpc) is 3.17. The first-order valence-corrected chi connectivity index (χ1v) is 8.82. The lowest BCUT2D eigenvalue weighted by Crippen LogP contribution is -2.32. The molecule has 5 heteroatoms. The molecule has 1 fully saturated rings. The number of benzene rings is 1. The van der Waals surface area contributed by atoms with E-state index in [-0.39, 0.29) is 5.97 Å². The van der Waals surface area contributed by atoms with Gasteiger partial charge in [-0.25, -0.2) is 4.79 Å². The lowest BCUT2D eigenvalue weighted by Gasteiger charge is -2.26. The van der Waals surface area contributed by atoms with Crippen LogP contribution in [-0.4, -0.2) is 19.2 Å². The van der Waals surface area contributed by atoms with Crippen LogP contribution in [-0.2, 0) is 15.1 Å². The molecule has 1 atom stereocenters. The van der Waals surface area contributed by atoms with Gasteiger partial charge in [0, 0.05) is 6.42 Å². The molecule has 22 heavy (non-hydrogen) atoms. The van der Waals surface area contributed by atoms with Gasteiger partial charge < -0.3 is 9.47 Å². The molecule has 1 aromatic carbocycles. The molecule has 0 amide bonds. The Morgan fingerprint density at radius 1 is 1.32 bits per heavy atom. The largest absolute Gasteiger partial charge is 0.447 e. The maximum absolute atomic E-state index is 12.5. The van der Waals surface area contributed by atoms with Crippen LogP contribution in [0.4, 0.5) is 0 Å². The van der Waals surface area contributed by atoms with Gasteiger partial charge in [0.25, 0.3) is 0 Å². The van der Waals surface area contributed by atoms with Gasteiger partial charge in [-0.1, -0.05) is 24.8 Å². The van der Waals surface area contributed by atoms with Crippen molar-refractivity contribution in [2.24, 2.45) is 0 Å². The van der Waals surface area contributed by atoms with Crippen molar-refractivity contribution in [1.82, 2.24) is 0 Å². The standard InChI is InChI=1S/C17H15IO3S/c1-2-12-3-5-13(6-4-12)16(19)21-17(9-10-20-11-17)14-7-8-15(18)22-14/h2-8H,1,9-11H2. The second-order valence-corrected chi connectivity index (χ2v) is 8.09. The highest BCUT2D eigenvalue weighted by atomic mass is 127. The Kier molecular flexibility index (Phi) is 4.65. The van der Waals surface area contributed by atoms with E-state index in [4.69, 9.17) is 9.47 Å². The van der Waals surface area contributed by atoms with Gasteiger partial charge in [0.1, 0.15) is 0 Å². The summed E-state index contributed by atoms with van der Waals surface area (Å²) in [5.41, 5.74) is 0.869. The number of hydrogen-bond acceptors (Lipinski definition) is 4. The first-order chi connectivity index (χ1) is 10.6. The van der Waals surface area contributed by atoms with Gasteiger partial charge in [0.05, 0.1) is 26.5 Å². The van der Waals surface area contributed by atoms with Crippen LogP contribution in [0.5, 0.6) is 0 Å². The smallest absolute Gasteiger partial charge is 0.339 e. The van der Waals surface area contributed by atoms with Gasteiger partial charge in [0.2, 0.25) is 0 Å². The average molecular weight is 426 g/mol. The van der Waals surface area contributed by atoms with E-state index in [0.717, 1.165) is 10.4 Å². The summed E-state index contributed by atoms with van der Waals surface area (Å²) in [5, 5.41) is 0. The van der Waals surface area contributed by atoms with E-state index in [9.17, 15) is 4.79 Å². The summed E-state index contributed by atoms with van der Waals surface area (Å²) in [7, 11) is 0. The maximum atomic E-state index is 12.5. The molecule has 0 aliphatic carbocycles. The minimum Gasteiger partial charge on any atom is -0.447 e. The lowest BCUT2D eigenvalue weighted by atomic mass is 10.0. The summed E-state index contributed by atoms with van der Waals surface area (Å²) >= 11 is 3.92. The Hall–Kier alpha value is -1.18. The van der Waals surface area contributed by atoms with E-state index in [2.05, 4.69) is 29.2 Å². The molecule has 0 saturated carbocycles. The number of ether oxygens (including phenoxy) is 2. The van der Waals surface area contributed by atoms with Crippen molar-refractivity contribution in [3.63, 3.8) is 0 Å². The predicted molar refractivity (Wildman–Crippen MR) is 96.1 cm³/mol. The topological polar surface area (TPSA) is 35.5 Å². The Morgan fingerprint density at radius 2 is 2.09 bits per heavy atom. The predicted octanol–water partition coefficient (Wildman–Crippen LogP) is 4.47. The highest BCUT2D eigenvalue weighted by molar-refractivity contribution is 14.1. The number of rotatable bonds is 4. The quantitative estimate of drug-likeness (QED) is 0.535. The summed E-state index contributed by atoms with van der Waals surface area (Å²) in [5.74, 6) is -0.315. The number of esters is 1. The van der Waals surface area contributed by atoms with Gasteiger partial charge in [-0.2, -0.15) is 0 Å². The second kappa shape index (κ2) is 6.52. The highest BCUT2D eigenvalue weighted by Crippen LogP contribution is 2.39. The van der Waals surface area contributed by atoms with Crippen LogP contribution in [0.2, 0.25) is 0 Å². The van der Waals surface area contributed by atoms with Crippen molar-refractivity contribution in [3.8, 4) is 0 Å². The first-order valence-electron chi connectivity index (χ1n) is 6.92. The Balaban J connectivity index is 1.84. The van der Waals surface area contributed by atoms with E-state index < -0.39 is 5.60 Å². The molecule has 2 heterocycles. The van der Waals surface area contributed by atoms with Crippen LogP contribution in [0, 0.1) is 2.88 Å². The molecule has 0 spiro atoms. The molecule has 2 aromatic rings. The molecule has 1 saturated heterocycles. The first kappa shape index (κ1) is 15.7. The zero-order valence-corrected chi connectivity index (χ0v) is 14.9. The Bertz CT molecular complexity index is 684. The Labute approximate surface area is 147 Å². The van der Waals surface area contributed by atoms with E-state index in [0.29, 0.717) is 25.2 Å². The third kappa shape index (κ3) is 3.11. The zero-order chi connectivity index (χ0) is 15.6. The van der Waals surface area contributed by atoms with Crippen LogP contribution in [0.25, 0.3) is 6.08 Å². The van der Waals surface area contributed by atoms with Gasteiger partial charge >= 0.3 is 5.97 Å². The fourth-order valence-corrected chi connectivity index (χ4v) is 4.18. The molecule has 1 aromatic heterocycles. The van der Waals surface area contributed by atoms with Crippen molar-refractivity contribution >= 4 is 46.0 Å². The molecular formula is C17H15IO3S. The van der Waals surface area contributed by atoms with Crippen LogP contribution in [0.1, 0.15) is 27.2 Å². The lowest BCUT2D eigenvalue weighted by molar-refractivity contribution is -0.0240. The number of thiophene rings is 1. The van der Waals surface area contributed by atoms with E-state index in [1.54, 1.807) is 29.5 Å². The highest BCUT2D eigenvalue weighted by Gasteiger charge is 2.42. The monoisotopic (exact) mass is 426 g/mol.